The van der Waals surface area contributed by atoms with E-state index in [9.17, 15) is 9.90 Å². The standard InChI is InChI=1S/C17H34N2O4/c1-17(2,3)23-16(21)18-11-7-8-13(12-22-4)19-14-9-5-6-10-15(14)20/h13-15,19-20H,5-12H2,1-4H3,(H,18,21). The van der Waals surface area contributed by atoms with E-state index >= 15 is 0 Å². The summed E-state index contributed by atoms with van der Waals surface area (Å²) in [4.78, 5) is 11.6. The molecule has 0 heterocycles. The fourth-order valence-corrected chi connectivity index (χ4v) is 2.88. The Morgan fingerprint density at radius 3 is 2.61 bits per heavy atom. The molecule has 3 unspecified atom stereocenters. The molecule has 0 aromatic rings. The van der Waals surface area contributed by atoms with Gasteiger partial charge >= 0.3 is 6.09 Å². The molecule has 1 aliphatic rings. The smallest absolute Gasteiger partial charge is 0.407 e. The number of hydrogen-bond donors (Lipinski definition) is 3. The first-order valence-corrected chi connectivity index (χ1v) is 8.71. The number of alkyl carbamates (subject to hydrolysis) is 1. The molecule has 1 rings (SSSR count). The van der Waals surface area contributed by atoms with Crippen LogP contribution in [0.5, 0.6) is 0 Å². The van der Waals surface area contributed by atoms with Crippen molar-refractivity contribution >= 4 is 6.09 Å². The Balaban J connectivity index is 2.26. The van der Waals surface area contributed by atoms with Gasteiger partial charge < -0.3 is 25.2 Å². The zero-order valence-corrected chi connectivity index (χ0v) is 15.1. The summed E-state index contributed by atoms with van der Waals surface area (Å²) in [5.74, 6) is 0. The molecule has 1 saturated carbocycles. The van der Waals surface area contributed by atoms with Crippen LogP contribution in [0.25, 0.3) is 0 Å². The number of methoxy groups -OCH3 is 1. The molecule has 136 valence electrons. The molecule has 0 bridgehead atoms. The summed E-state index contributed by atoms with van der Waals surface area (Å²) in [6, 6.07) is 0.348. The van der Waals surface area contributed by atoms with Gasteiger partial charge in [0.05, 0.1) is 12.7 Å². The second-order valence-corrected chi connectivity index (χ2v) is 7.35. The van der Waals surface area contributed by atoms with E-state index in [2.05, 4.69) is 10.6 Å². The van der Waals surface area contributed by atoms with Gasteiger partial charge in [-0.1, -0.05) is 12.8 Å². The Hall–Kier alpha value is -0.850. The first kappa shape index (κ1) is 20.2. The highest BCUT2D eigenvalue weighted by Crippen LogP contribution is 2.19. The summed E-state index contributed by atoms with van der Waals surface area (Å²) >= 11 is 0. The van der Waals surface area contributed by atoms with Crippen LogP contribution in [-0.2, 0) is 9.47 Å². The molecular formula is C17H34N2O4. The van der Waals surface area contributed by atoms with Gasteiger partial charge in [-0.3, -0.25) is 0 Å². The van der Waals surface area contributed by atoms with Crippen LogP contribution in [0.15, 0.2) is 0 Å². The van der Waals surface area contributed by atoms with Crippen molar-refractivity contribution in [3.05, 3.63) is 0 Å². The van der Waals surface area contributed by atoms with Crippen molar-refractivity contribution < 1.29 is 19.4 Å². The monoisotopic (exact) mass is 330 g/mol. The minimum atomic E-state index is -0.471. The highest BCUT2D eigenvalue weighted by molar-refractivity contribution is 5.67. The van der Waals surface area contributed by atoms with E-state index in [0.29, 0.717) is 13.2 Å². The third-order valence-corrected chi connectivity index (χ3v) is 3.94. The predicted octanol–water partition coefficient (Wildman–Crippen LogP) is 2.20. The van der Waals surface area contributed by atoms with Gasteiger partial charge in [-0.05, 0) is 46.5 Å². The molecule has 1 amide bonds. The number of amides is 1. The van der Waals surface area contributed by atoms with Crippen molar-refractivity contribution in [2.45, 2.75) is 83.1 Å². The third-order valence-electron chi connectivity index (χ3n) is 3.94. The van der Waals surface area contributed by atoms with Crippen LogP contribution in [0.2, 0.25) is 0 Å². The van der Waals surface area contributed by atoms with Gasteiger partial charge in [0.2, 0.25) is 0 Å². The molecule has 0 spiro atoms. The Labute approximate surface area is 140 Å². The highest BCUT2D eigenvalue weighted by atomic mass is 16.6. The van der Waals surface area contributed by atoms with Crippen molar-refractivity contribution in [2.24, 2.45) is 0 Å². The molecule has 1 aliphatic carbocycles. The first-order valence-electron chi connectivity index (χ1n) is 8.71. The van der Waals surface area contributed by atoms with Crippen molar-refractivity contribution in [2.75, 3.05) is 20.3 Å². The average Bonchev–Trinajstić information content (AvgIpc) is 2.44. The van der Waals surface area contributed by atoms with E-state index < -0.39 is 5.60 Å². The molecule has 0 saturated heterocycles. The fourth-order valence-electron chi connectivity index (χ4n) is 2.88. The number of carbonyl (C=O) groups excluding carboxylic acids is 1. The molecule has 6 nitrogen and oxygen atoms in total. The van der Waals surface area contributed by atoms with Crippen molar-refractivity contribution in [1.29, 1.82) is 0 Å². The largest absolute Gasteiger partial charge is 0.444 e. The Morgan fingerprint density at radius 2 is 2.00 bits per heavy atom. The Morgan fingerprint density at radius 1 is 1.30 bits per heavy atom. The van der Waals surface area contributed by atoms with Gasteiger partial charge in [0.1, 0.15) is 5.60 Å². The normalized spacial score (nSPS) is 23.3. The lowest BCUT2D eigenvalue weighted by Gasteiger charge is -2.32. The number of aliphatic hydroxyl groups excluding tert-OH is 1. The Bertz CT molecular complexity index is 344. The van der Waals surface area contributed by atoms with Gasteiger partial charge in [0.25, 0.3) is 0 Å². The van der Waals surface area contributed by atoms with E-state index in [1.54, 1.807) is 7.11 Å². The lowest BCUT2D eigenvalue weighted by molar-refractivity contribution is 0.0524. The number of hydrogen-bond acceptors (Lipinski definition) is 5. The van der Waals surface area contributed by atoms with E-state index in [-0.39, 0.29) is 24.3 Å². The first-order chi connectivity index (χ1) is 10.8. The lowest BCUT2D eigenvalue weighted by Crippen LogP contribution is -2.48. The number of nitrogens with one attached hydrogen (secondary N) is 2. The van der Waals surface area contributed by atoms with Gasteiger partial charge in [0.15, 0.2) is 0 Å². The van der Waals surface area contributed by atoms with Gasteiger partial charge in [-0.2, -0.15) is 0 Å². The molecule has 23 heavy (non-hydrogen) atoms. The van der Waals surface area contributed by atoms with Crippen LogP contribution >= 0.6 is 0 Å². The molecule has 6 heteroatoms. The van der Waals surface area contributed by atoms with E-state index in [4.69, 9.17) is 9.47 Å². The molecule has 0 radical (unpaired) electrons. The summed E-state index contributed by atoms with van der Waals surface area (Å²) in [5.41, 5.74) is -0.471. The van der Waals surface area contributed by atoms with E-state index in [1.807, 2.05) is 20.8 Å². The van der Waals surface area contributed by atoms with Gasteiger partial charge in [0, 0.05) is 25.7 Å². The predicted molar refractivity (Wildman–Crippen MR) is 90.5 cm³/mol. The van der Waals surface area contributed by atoms with Crippen molar-refractivity contribution in [1.82, 2.24) is 10.6 Å². The summed E-state index contributed by atoms with van der Waals surface area (Å²) in [6.07, 6.45) is 5.23. The number of carbonyl (C=O) groups is 1. The fraction of sp³-hybridized carbons (Fsp3) is 0.941. The zero-order valence-electron chi connectivity index (χ0n) is 15.1. The average molecular weight is 330 g/mol. The minimum Gasteiger partial charge on any atom is -0.444 e. The zero-order chi connectivity index (χ0) is 17.3. The second kappa shape index (κ2) is 10.1. The van der Waals surface area contributed by atoms with Gasteiger partial charge in [-0.25, -0.2) is 4.79 Å². The maximum atomic E-state index is 11.6. The number of aliphatic hydroxyl groups is 1. The maximum absolute atomic E-state index is 11.6. The van der Waals surface area contributed by atoms with E-state index in [1.165, 1.54) is 0 Å². The summed E-state index contributed by atoms with van der Waals surface area (Å²) in [6.45, 7) is 6.72. The van der Waals surface area contributed by atoms with Crippen LogP contribution in [0.3, 0.4) is 0 Å². The maximum Gasteiger partial charge on any atom is 0.407 e. The summed E-state index contributed by atoms with van der Waals surface area (Å²) in [7, 11) is 1.69. The number of ether oxygens (including phenoxy) is 2. The lowest BCUT2D eigenvalue weighted by atomic mass is 9.91. The molecule has 0 aromatic carbocycles. The van der Waals surface area contributed by atoms with Crippen LogP contribution in [-0.4, -0.2) is 55.2 Å². The van der Waals surface area contributed by atoms with Crippen LogP contribution in [0.1, 0.15) is 59.3 Å². The molecule has 3 N–H and O–H groups in total. The molecule has 0 aromatic heterocycles. The van der Waals surface area contributed by atoms with Crippen LogP contribution in [0, 0.1) is 0 Å². The second-order valence-electron chi connectivity index (χ2n) is 7.35. The van der Waals surface area contributed by atoms with Crippen molar-refractivity contribution in [3.63, 3.8) is 0 Å². The quantitative estimate of drug-likeness (QED) is 0.595. The molecule has 3 atom stereocenters. The van der Waals surface area contributed by atoms with Crippen molar-refractivity contribution in [3.8, 4) is 0 Å². The van der Waals surface area contributed by atoms with E-state index in [0.717, 1.165) is 38.5 Å². The highest BCUT2D eigenvalue weighted by Gasteiger charge is 2.25. The third kappa shape index (κ3) is 9.13. The Kier molecular flexibility index (Phi) is 8.87. The van der Waals surface area contributed by atoms with Crippen LogP contribution in [0.4, 0.5) is 4.79 Å². The molecule has 1 fully saturated rings. The molecule has 0 aliphatic heterocycles. The van der Waals surface area contributed by atoms with Gasteiger partial charge in [-0.15, -0.1) is 0 Å². The topological polar surface area (TPSA) is 79.8 Å². The number of rotatable bonds is 8. The van der Waals surface area contributed by atoms with Crippen LogP contribution < -0.4 is 10.6 Å². The SMILES string of the molecule is COCC(CCCNC(=O)OC(C)(C)C)NC1CCCCC1O. The minimum absolute atomic E-state index is 0.155. The summed E-state index contributed by atoms with van der Waals surface area (Å²) in [5, 5.41) is 16.3. The molecular weight excluding hydrogens is 296 g/mol. The summed E-state index contributed by atoms with van der Waals surface area (Å²) < 4.78 is 10.5.